The van der Waals surface area contributed by atoms with E-state index in [9.17, 15) is 22.8 Å². The van der Waals surface area contributed by atoms with Crippen molar-refractivity contribution in [1.29, 1.82) is 0 Å². The predicted octanol–water partition coefficient (Wildman–Crippen LogP) is 2.96. The molecule has 0 aliphatic carbocycles. The molecule has 31 heavy (non-hydrogen) atoms. The summed E-state index contributed by atoms with van der Waals surface area (Å²) in [5.74, 6) is -1.10. The van der Waals surface area contributed by atoms with Crippen LogP contribution in [-0.4, -0.2) is 52.4 Å². The van der Waals surface area contributed by atoms with Gasteiger partial charge in [-0.3, -0.25) is 14.2 Å². The van der Waals surface area contributed by atoms with Crippen LogP contribution in [0.4, 0.5) is 13.2 Å². The lowest BCUT2D eigenvalue weighted by Crippen LogP contribution is -2.49. The van der Waals surface area contributed by atoms with Gasteiger partial charge in [-0.2, -0.15) is 13.2 Å². The van der Waals surface area contributed by atoms with Gasteiger partial charge in [0.05, 0.1) is 24.2 Å². The normalized spacial score (nSPS) is 19.9. The zero-order valence-corrected chi connectivity index (χ0v) is 17.6. The van der Waals surface area contributed by atoms with Crippen molar-refractivity contribution in [3.05, 3.63) is 39.3 Å². The Hall–Kier alpha value is -2.46. The van der Waals surface area contributed by atoms with Gasteiger partial charge >= 0.3 is 6.18 Å². The number of rotatable bonds is 2. The third kappa shape index (κ3) is 3.82. The second-order valence-corrected chi connectivity index (χ2v) is 8.17. The minimum Gasteiger partial charge on any atom is -0.347 e. The Kier molecular flexibility index (Phi) is 5.33. The molecule has 2 fully saturated rings. The smallest absolute Gasteiger partial charge is 0.347 e. The van der Waals surface area contributed by atoms with Crippen molar-refractivity contribution in [3.8, 4) is 0 Å². The van der Waals surface area contributed by atoms with Gasteiger partial charge in [-0.15, -0.1) is 0 Å². The Morgan fingerprint density at radius 2 is 1.71 bits per heavy atom. The maximum atomic E-state index is 13.5. The molecule has 0 radical (unpaired) electrons. The van der Waals surface area contributed by atoms with Crippen molar-refractivity contribution in [2.75, 3.05) is 26.3 Å². The Balaban J connectivity index is 1.73. The maximum absolute atomic E-state index is 13.5. The van der Waals surface area contributed by atoms with Gasteiger partial charge in [0.2, 0.25) is 11.6 Å². The number of hydrogen-bond acceptors (Lipinski definition) is 5. The SMILES string of the molecule is Cc1cc2nc(C(F)(F)F)c(=O)n(C(C)C(=O)N3CCC4(CC3)OCCO4)c2cc1C. The molecule has 1 unspecified atom stereocenters. The number of hydrogen-bond donors (Lipinski definition) is 0. The molecule has 168 valence electrons. The van der Waals surface area contributed by atoms with Gasteiger partial charge < -0.3 is 14.4 Å². The van der Waals surface area contributed by atoms with Crippen LogP contribution < -0.4 is 5.56 Å². The molecule has 2 aliphatic heterocycles. The van der Waals surface area contributed by atoms with E-state index in [-0.39, 0.29) is 11.0 Å². The van der Waals surface area contributed by atoms with Crippen molar-refractivity contribution in [2.45, 2.75) is 51.6 Å². The van der Waals surface area contributed by atoms with E-state index >= 15 is 0 Å². The van der Waals surface area contributed by atoms with Crippen LogP contribution in [0.2, 0.25) is 0 Å². The van der Waals surface area contributed by atoms with Crippen molar-refractivity contribution >= 4 is 16.9 Å². The molecule has 2 aromatic rings. The first-order chi connectivity index (χ1) is 14.5. The number of carbonyl (C=O) groups is 1. The number of amides is 1. The lowest BCUT2D eigenvalue weighted by atomic mass is 10.0. The van der Waals surface area contributed by atoms with E-state index in [1.807, 2.05) is 0 Å². The minimum absolute atomic E-state index is 0.0278. The van der Waals surface area contributed by atoms with Crippen LogP contribution in [0.3, 0.4) is 0 Å². The van der Waals surface area contributed by atoms with Gasteiger partial charge in [-0.1, -0.05) is 0 Å². The van der Waals surface area contributed by atoms with E-state index < -0.39 is 35.2 Å². The summed E-state index contributed by atoms with van der Waals surface area (Å²) >= 11 is 0. The second-order valence-electron chi connectivity index (χ2n) is 8.17. The Morgan fingerprint density at radius 1 is 1.13 bits per heavy atom. The summed E-state index contributed by atoms with van der Waals surface area (Å²) in [5, 5.41) is 0. The van der Waals surface area contributed by atoms with E-state index in [4.69, 9.17) is 9.47 Å². The fraction of sp³-hybridized carbons (Fsp3) is 0.571. The number of benzene rings is 1. The topological polar surface area (TPSA) is 73.7 Å². The molecule has 2 saturated heterocycles. The first kappa shape index (κ1) is 21.8. The largest absolute Gasteiger partial charge is 0.438 e. The lowest BCUT2D eigenvalue weighted by molar-refractivity contribution is -0.188. The molecular formula is C21H24F3N3O4. The van der Waals surface area contributed by atoms with Gasteiger partial charge in [-0.05, 0) is 44.0 Å². The Morgan fingerprint density at radius 3 is 2.29 bits per heavy atom. The highest BCUT2D eigenvalue weighted by molar-refractivity contribution is 5.84. The molecule has 10 heteroatoms. The molecule has 7 nitrogen and oxygen atoms in total. The van der Waals surface area contributed by atoms with Crippen LogP contribution in [-0.2, 0) is 20.4 Å². The number of alkyl halides is 3. The number of carbonyl (C=O) groups excluding carboxylic acids is 1. The Bertz CT molecular complexity index is 1080. The second kappa shape index (κ2) is 7.59. The number of ether oxygens (including phenoxy) is 2. The highest BCUT2D eigenvalue weighted by Crippen LogP contribution is 2.33. The molecule has 1 aromatic heterocycles. The molecule has 0 N–H and O–H groups in total. The number of nitrogens with zero attached hydrogens (tertiary/aromatic N) is 3. The number of aryl methyl sites for hydroxylation is 2. The highest BCUT2D eigenvalue weighted by Gasteiger charge is 2.42. The zero-order valence-electron chi connectivity index (χ0n) is 17.6. The molecule has 1 amide bonds. The Labute approximate surface area is 176 Å². The molecule has 4 rings (SSSR count). The van der Waals surface area contributed by atoms with E-state index in [0.29, 0.717) is 39.1 Å². The molecule has 0 saturated carbocycles. The van der Waals surface area contributed by atoms with Crippen LogP contribution in [0, 0.1) is 13.8 Å². The third-order valence-electron chi connectivity index (χ3n) is 6.17. The number of aromatic nitrogens is 2. The summed E-state index contributed by atoms with van der Waals surface area (Å²) in [7, 11) is 0. The minimum atomic E-state index is -4.93. The van der Waals surface area contributed by atoms with Crippen molar-refractivity contribution < 1.29 is 27.4 Å². The van der Waals surface area contributed by atoms with Crippen molar-refractivity contribution in [1.82, 2.24) is 14.5 Å². The molecule has 1 aromatic carbocycles. The quantitative estimate of drug-likeness (QED) is 0.720. The van der Waals surface area contributed by atoms with Crippen LogP contribution >= 0.6 is 0 Å². The zero-order chi connectivity index (χ0) is 22.6. The van der Waals surface area contributed by atoms with Gasteiger partial charge in [0.25, 0.3) is 5.56 Å². The molecular weight excluding hydrogens is 415 g/mol. The predicted molar refractivity (Wildman–Crippen MR) is 106 cm³/mol. The molecule has 3 heterocycles. The lowest BCUT2D eigenvalue weighted by Gasteiger charge is -2.38. The van der Waals surface area contributed by atoms with Crippen molar-refractivity contribution in [2.24, 2.45) is 0 Å². The summed E-state index contributed by atoms with van der Waals surface area (Å²) in [5.41, 5.74) is -1.07. The summed E-state index contributed by atoms with van der Waals surface area (Å²) in [4.78, 5) is 31.2. The first-order valence-electron chi connectivity index (χ1n) is 10.2. The summed E-state index contributed by atoms with van der Waals surface area (Å²) in [6, 6.07) is 1.99. The first-order valence-corrected chi connectivity index (χ1v) is 10.2. The highest BCUT2D eigenvalue weighted by atomic mass is 19.4. The summed E-state index contributed by atoms with van der Waals surface area (Å²) in [6.45, 7) is 6.68. The average molecular weight is 439 g/mol. The summed E-state index contributed by atoms with van der Waals surface area (Å²) < 4.78 is 52.8. The van der Waals surface area contributed by atoms with E-state index in [1.165, 1.54) is 13.0 Å². The number of likely N-dealkylation sites (tertiary alicyclic amines) is 1. The molecule has 1 atom stereocenters. The van der Waals surface area contributed by atoms with E-state index in [2.05, 4.69) is 4.98 Å². The molecule has 1 spiro atoms. The van der Waals surface area contributed by atoms with Crippen LogP contribution in [0.15, 0.2) is 16.9 Å². The fourth-order valence-electron chi connectivity index (χ4n) is 4.26. The van der Waals surface area contributed by atoms with Crippen LogP contribution in [0.25, 0.3) is 11.0 Å². The van der Waals surface area contributed by atoms with Gasteiger partial charge in [0.15, 0.2) is 5.79 Å². The number of halogens is 3. The monoisotopic (exact) mass is 439 g/mol. The van der Waals surface area contributed by atoms with E-state index in [0.717, 1.165) is 15.7 Å². The third-order valence-corrected chi connectivity index (χ3v) is 6.17. The van der Waals surface area contributed by atoms with E-state index in [1.54, 1.807) is 24.8 Å². The van der Waals surface area contributed by atoms with Gasteiger partial charge in [-0.25, -0.2) is 4.98 Å². The summed E-state index contributed by atoms with van der Waals surface area (Å²) in [6.07, 6.45) is -3.98. The van der Waals surface area contributed by atoms with Crippen LogP contribution in [0.1, 0.15) is 42.6 Å². The van der Waals surface area contributed by atoms with Crippen LogP contribution in [0.5, 0.6) is 0 Å². The number of piperidine rings is 1. The van der Waals surface area contributed by atoms with Gasteiger partial charge in [0, 0.05) is 25.9 Å². The van der Waals surface area contributed by atoms with Crippen molar-refractivity contribution in [3.63, 3.8) is 0 Å². The number of fused-ring (bicyclic) bond motifs is 1. The van der Waals surface area contributed by atoms with Gasteiger partial charge in [0.1, 0.15) is 6.04 Å². The molecule has 0 bridgehead atoms. The average Bonchev–Trinajstić information content (AvgIpc) is 3.15. The standard InChI is InChI=1S/C21H24F3N3O4/c1-12-10-15-16(11-13(12)2)27(19(29)17(25-15)21(22,23)24)14(3)18(28)26-6-4-20(5-7-26)30-8-9-31-20/h10-11,14H,4-9H2,1-3H3. The maximum Gasteiger partial charge on any atom is 0.438 e. The fourth-order valence-corrected chi connectivity index (χ4v) is 4.26. The molecule has 2 aliphatic rings.